The van der Waals surface area contributed by atoms with Crippen molar-refractivity contribution >= 4 is 29.1 Å². The molecule has 126 valence electrons. The normalized spacial score (nSPS) is 17.6. The van der Waals surface area contributed by atoms with E-state index in [1.54, 1.807) is 18.5 Å². The minimum absolute atomic E-state index is 0.0193. The van der Waals surface area contributed by atoms with Gasteiger partial charge in [-0.2, -0.15) is 0 Å². The maximum atomic E-state index is 12.7. The summed E-state index contributed by atoms with van der Waals surface area (Å²) in [4.78, 5) is 23.2. The number of hydrogen-bond donors (Lipinski definition) is 1. The molecule has 0 spiro atoms. The number of amides is 1. The van der Waals surface area contributed by atoms with E-state index in [0.717, 1.165) is 31.5 Å². The molecule has 0 bridgehead atoms. The molecule has 1 unspecified atom stereocenters. The Hall–Kier alpha value is -2.14. The molecule has 0 aliphatic carbocycles. The lowest BCUT2D eigenvalue weighted by Crippen LogP contribution is -2.43. The number of benzene rings is 1. The van der Waals surface area contributed by atoms with Crippen molar-refractivity contribution < 1.29 is 4.79 Å². The first-order valence-corrected chi connectivity index (χ1v) is 8.71. The van der Waals surface area contributed by atoms with Gasteiger partial charge in [0.05, 0.1) is 16.3 Å². The molecule has 1 aromatic heterocycles. The maximum absolute atomic E-state index is 12.7. The summed E-state index contributed by atoms with van der Waals surface area (Å²) >= 11 is 6.11. The highest BCUT2D eigenvalue weighted by Crippen LogP contribution is 2.24. The van der Waals surface area contributed by atoms with Gasteiger partial charge in [0.1, 0.15) is 0 Å². The lowest BCUT2D eigenvalue weighted by molar-refractivity contribution is 0.0607. The van der Waals surface area contributed by atoms with Gasteiger partial charge in [-0.3, -0.25) is 4.79 Å². The number of hydrogen-bond acceptors (Lipinski definition) is 4. The van der Waals surface area contributed by atoms with E-state index in [2.05, 4.69) is 22.2 Å². The fraction of sp³-hybridized carbons (Fsp3) is 0.389. The molecule has 5 nitrogen and oxygen atoms in total. The van der Waals surface area contributed by atoms with Crippen molar-refractivity contribution in [3.8, 4) is 0 Å². The topological polar surface area (TPSA) is 58.1 Å². The number of piperidine rings is 1. The Morgan fingerprint density at radius 3 is 2.75 bits per heavy atom. The van der Waals surface area contributed by atoms with Crippen molar-refractivity contribution in [3.63, 3.8) is 0 Å². The summed E-state index contributed by atoms with van der Waals surface area (Å²) in [7, 11) is 0. The van der Waals surface area contributed by atoms with Crippen molar-refractivity contribution in [1.29, 1.82) is 0 Å². The highest BCUT2D eigenvalue weighted by atomic mass is 35.5. The van der Waals surface area contributed by atoms with Gasteiger partial charge in [-0.15, -0.1) is 0 Å². The van der Waals surface area contributed by atoms with Crippen molar-refractivity contribution in [2.24, 2.45) is 0 Å². The minimum Gasteiger partial charge on any atom is -0.336 e. The highest BCUT2D eigenvalue weighted by molar-refractivity contribution is 6.33. The summed E-state index contributed by atoms with van der Waals surface area (Å²) in [5.41, 5.74) is 1.26. The maximum Gasteiger partial charge on any atom is 0.257 e. The zero-order valence-corrected chi connectivity index (χ0v) is 14.5. The Morgan fingerprint density at radius 1 is 1.29 bits per heavy atom. The molecular weight excluding hydrogens is 324 g/mol. The summed E-state index contributed by atoms with van der Waals surface area (Å²) in [6.07, 6.45) is 7.48. The van der Waals surface area contributed by atoms with Crippen LogP contribution in [0.3, 0.4) is 0 Å². The fourth-order valence-corrected chi connectivity index (χ4v) is 3.23. The van der Waals surface area contributed by atoms with Crippen LogP contribution < -0.4 is 5.32 Å². The minimum atomic E-state index is 0.0193. The molecule has 1 saturated heterocycles. The predicted octanol–water partition coefficient (Wildman–Crippen LogP) is 4.28. The van der Waals surface area contributed by atoms with Gasteiger partial charge in [0.15, 0.2) is 0 Å². The van der Waals surface area contributed by atoms with E-state index in [9.17, 15) is 4.79 Å². The monoisotopic (exact) mass is 344 g/mol. The number of para-hydroxylation sites is 1. The Balaban J connectivity index is 1.72. The van der Waals surface area contributed by atoms with Crippen LogP contribution in [-0.2, 0) is 0 Å². The Labute approximate surface area is 147 Å². The fourth-order valence-electron chi connectivity index (χ4n) is 3.04. The number of carbonyl (C=O) groups excluding carboxylic acids is 1. The van der Waals surface area contributed by atoms with Gasteiger partial charge in [-0.25, -0.2) is 9.97 Å². The number of rotatable bonds is 4. The molecule has 0 saturated carbocycles. The molecule has 2 heterocycles. The van der Waals surface area contributed by atoms with Crippen LogP contribution in [0.25, 0.3) is 0 Å². The van der Waals surface area contributed by atoms with E-state index in [1.807, 2.05) is 23.1 Å². The van der Waals surface area contributed by atoms with Crippen molar-refractivity contribution in [2.45, 2.75) is 38.6 Å². The highest BCUT2D eigenvalue weighted by Gasteiger charge is 2.26. The third-order valence-corrected chi connectivity index (χ3v) is 4.71. The van der Waals surface area contributed by atoms with Crippen LogP contribution in [0, 0.1) is 0 Å². The summed E-state index contributed by atoms with van der Waals surface area (Å²) in [6.45, 7) is 2.94. The standard InChI is InChI=1S/C18H21ClN4O/c1-2-14-7-5-6-10-23(14)17(24)13-11-20-18(21-12-13)22-16-9-4-3-8-15(16)19/h3-4,8-9,11-12,14H,2,5-7,10H2,1H3,(H,20,21,22). The van der Waals surface area contributed by atoms with Crippen molar-refractivity contribution in [3.05, 3.63) is 47.2 Å². The van der Waals surface area contributed by atoms with E-state index < -0.39 is 0 Å². The quantitative estimate of drug-likeness (QED) is 0.899. The SMILES string of the molecule is CCC1CCCCN1C(=O)c1cnc(Nc2ccccc2Cl)nc1. The van der Waals surface area contributed by atoms with Crippen LogP contribution in [0.1, 0.15) is 43.0 Å². The second-order valence-corrected chi connectivity index (χ2v) is 6.36. The van der Waals surface area contributed by atoms with Crippen LogP contribution in [0.15, 0.2) is 36.7 Å². The molecule has 1 atom stereocenters. The zero-order chi connectivity index (χ0) is 16.9. The first-order chi connectivity index (χ1) is 11.7. The van der Waals surface area contributed by atoms with Crippen molar-refractivity contribution in [1.82, 2.24) is 14.9 Å². The third kappa shape index (κ3) is 3.67. The molecule has 3 rings (SSSR count). The first kappa shape index (κ1) is 16.7. The summed E-state index contributed by atoms with van der Waals surface area (Å²) in [5.74, 6) is 0.441. The van der Waals surface area contributed by atoms with Crippen LogP contribution in [0.4, 0.5) is 11.6 Å². The molecule has 1 N–H and O–H groups in total. The van der Waals surface area contributed by atoms with E-state index in [1.165, 1.54) is 6.42 Å². The van der Waals surface area contributed by atoms with E-state index in [4.69, 9.17) is 11.6 Å². The third-order valence-electron chi connectivity index (χ3n) is 4.38. The first-order valence-electron chi connectivity index (χ1n) is 8.33. The molecule has 1 aliphatic rings. The number of nitrogens with one attached hydrogen (secondary N) is 1. The van der Waals surface area contributed by atoms with Gasteiger partial charge in [-0.1, -0.05) is 30.7 Å². The molecule has 0 radical (unpaired) electrons. The van der Waals surface area contributed by atoms with E-state index in [0.29, 0.717) is 22.6 Å². The van der Waals surface area contributed by atoms with Gasteiger partial charge < -0.3 is 10.2 Å². The summed E-state index contributed by atoms with van der Waals surface area (Å²) in [6, 6.07) is 7.71. The Bertz CT molecular complexity index is 704. The Morgan fingerprint density at radius 2 is 2.04 bits per heavy atom. The molecule has 1 aliphatic heterocycles. The summed E-state index contributed by atoms with van der Waals surface area (Å²) in [5, 5.41) is 3.66. The lowest BCUT2D eigenvalue weighted by Gasteiger charge is -2.35. The smallest absolute Gasteiger partial charge is 0.257 e. The summed E-state index contributed by atoms with van der Waals surface area (Å²) < 4.78 is 0. The number of anilines is 2. The lowest BCUT2D eigenvalue weighted by atomic mass is 9.99. The number of likely N-dealkylation sites (tertiary alicyclic amines) is 1. The van der Waals surface area contributed by atoms with Gasteiger partial charge in [0.2, 0.25) is 5.95 Å². The molecule has 1 fully saturated rings. The number of nitrogens with zero attached hydrogens (tertiary/aromatic N) is 3. The number of carbonyl (C=O) groups is 1. The van der Waals surface area contributed by atoms with Gasteiger partial charge in [0, 0.05) is 25.0 Å². The van der Waals surface area contributed by atoms with E-state index in [-0.39, 0.29) is 5.91 Å². The van der Waals surface area contributed by atoms with Gasteiger partial charge in [-0.05, 0) is 37.8 Å². The molecule has 1 aromatic carbocycles. The average molecular weight is 345 g/mol. The molecule has 6 heteroatoms. The zero-order valence-electron chi connectivity index (χ0n) is 13.7. The largest absolute Gasteiger partial charge is 0.336 e. The van der Waals surface area contributed by atoms with Crippen LogP contribution >= 0.6 is 11.6 Å². The van der Waals surface area contributed by atoms with Gasteiger partial charge in [0.25, 0.3) is 5.91 Å². The second kappa shape index (κ2) is 7.62. The second-order valence-electron chi connectivity index (χ2n) is 5.96. The molecular formula is C18H21ClN4O. The van der Waals surface area contributed by atoms with Crippen LogP contribution in [-0.4, -0.2) is 33.4 Å². The predicted molar refractivity (Wildman–Crippen MR) is 95.7 cm³/mol. The Kier molecular flexibility index (Phi) is 5.30. The van der Waals surface area contributed by atoms with Crippen LogP contribution in [0.2, 0.25) is 5.02 Å². The molecule has 2 aromatic rings. The number of aromatic nitrogens is 2. The van der Waals surface area contributed by atoms with Crippen LogP contribution in [0.5, 0.6) is 0 Å². The van der Waals surface area contributed by atoms with Gasteiger partial charge >= 0.3 is 0 Å². The van der Waals surface area contributed by atoms with E-state index >= 15 is 0 Å². The molecule has 24 heavy (non-hydrogen) atoms. The van der Waals surface area contributed by atoms with Crippen molar-refractivity contribution in [2.75, 3.05) is 11.9 Å². The molecule has 1 amide bonds. The average Bonchev–Trinajstić information content (AvgIpc) is 2.63. The number of halogens is 1.